The van der Waals surface area contributed by atoms with Crippen LogP contribution in [0.25, 0.3) is 10.9 Å². The summed E-state index contributed by atoms with van der Waals surface area (Å²) in [6, 6.07) is 8.35. The number of carbonyl (C=O) groups excluding carboxylic acids is 1. The predicted molar refractivity (Wildman–Crippen MR) is 122 cm³/mol. The molecule has 1 aromatic heterocycles. The van der Waals surface area contributed by atoms with Crippen LogP contribution in [0.15, 0.2) is 35.5 Å². The van der Waals surface area contributed by atoms with Gasteiger partial charge < -0.3 is 20.4 Å². The first kappa shape index (κ1) is 23.3. The lowest BCUT2D eigenvalue weighted by Crippen LogP contribution is -2.38. The number of benzene rings is 1. The third-order valence-corrected chi connectivity index (χ3v) is 4.41. The third-order valence-electron chi connectivity index (χ3n) is 4.41. The minimum atomic E-state index is -0.122. The van der Waals surface area contributed by atoms with E-state index in [9.17, 15) is 4.79 Å². The van der Waals surface area contributed by atoms with Gasteiger partial charge in [-0.25, -0.2) is 0 Å². The van der Waals surface area contributed by atoms with E-state index in [1.165, 1.54) is 23.6 Å². The highest BCUT2D eigenvalue weighted by Gasteiger charge is 2.03. The van der Waals surface area contributed by atoms with Crippen LogP contribution in [0.3, 0.4) is 0 Å². The molecule has 2 rings (SSSR count). The van der Waals surface area contributed by atoms with E-state index in [0.717, 1.165) is 51.2 Å². The van der Waals surface area contributed by atoms with Crippen molar-refractivity contribution in [1.82, 2.24) is 15.6 Å². The number of halogens is 1. The number of methoxy groups -OCH3 is 1. The maximum absolute atomic E-state index is 11.0. The highest BCUT2D eigenvalue weighted by molar-refractivity contribution is 14.0. The minimum Gasteiger partial charge on any atom is -0.469 e. The van der Waals surface area contributed by atoms with Crippen LogP contribution in [-0.4, -0.2) is 44.2 Å². The average Bonchev–Trinajstić information content (AvgIpc) is 3.08. The molecule has 0 saturated carbocycles. The summed E-state index contributed by atoms with van der Waals surface area (Å²) in [5, 5.41) is 7.98. The van der Waals surface area contributed by atoms with Crippen molar-refractivity contribution in [3.05, 3.63) is 36.0 Å². The van der Waals surface area contributed by atoms with Crippen molar-refractivity contribution >= 4 is 46.8 Å². The number of hydrogen-bond donors (Lipinski definition) is 3. The monoisotopic (exact) mass is 486 g/mol. The van der Waals surface area contributed by atoms with Crippen molar-refractivity contribution in [2.45, 2.75) is 38.5 Å². The minimum absolute atomic E-state index is 0. The van der Waals surface area contributed by atoms with Crippen LogP contribution in [0.4, 0.5) is 0 Å². The van der Waals surface area contributed by atoms with Gasteiger partial charge in [-0.15, -0.1) is 24.0 Å². The molecule has 0 radical (unpaired) electrons. The summed E-state index contributed by atoms with van der Waals surface area (Å²) in [6.45, 7) is 1.71. The number of nitrogens with zero attached hydrogens (tertiary/aromatic N) is 1. The van der Waals surface area contributed by atoms with Gasteiger partial charge in [0, 0.05) is 43.7 Å². The Bertz CT molecular complexity index is 715. The van der Waals surface area contributed by atoms with Gasteiger partial charge in [0.05, 0.1) is 7.11 Å². The molecule has 7 heteroatoms. The fraction of sp³-hybridized carbons (Fsp3) is 0.500. The first-order valence-electron chi connectivity index (χ1n) is 9.31. The Balaban J connectivity index is 0.00000364. The molecule has 1 aromatic carbocycles. The van der Waals surface area contributed by atoms with Gasteiger partial charge in [0.15, 0.2) is 5.96 Å². The van der Waals surface area contributed by atoms with Crippen LogP contribution in [0.5, 0.6) is 0 Å². The van der Waals surface area contributed by atoms with Gasteiger partial charge in [-0.2, -0.15) is 0 Å². The maximum atomic E-state index is 11.0. The highest BCUT2D eigenvalue weighted by atomic mass is 127. The lowest BCUT2D eigenvalue weighted by atomic mass is 10.1. The van der Waals surface area contributed by atoms with Crippen molar-refractivity contribution in [2.75, 3.05) is 27.2 Å². The molecule has 0 atom stereocenters. The topological polar surface area (TPSA) is 78.5 Å². The van der Waals surface area contributed by atoms with Crippen molar-refractivity contribution in [1.29, 1.82) is 0 Å². The first-order valence-corrected chi connectivity index (χ1v) is 9.31. The summed E-state index contributed by atoms with van der Waals surface area (Å²) in [5.41, 5.74) is 2.49. The molecule has 0 aliphatic rings. The van der Waals surface area contributed by atoms with Gasteiger partial charge in [-0.05, 0) is 30.9 Å². The van der Waals surface area contributed by atoms with Crippen LogP contribution >= 0.6 is 24.0 Å². The van der Waals surface area contributed by atoms with Crippen LogP contribution < -0.4 is 10.6 Å². The normalized spacial score (nSPS) is 11.1. The molecule has 150 valence electrons. The Morgan fingerprint density at radius 3 is 2.63 bits per heavy atom. The fourth-order valence-electron chi connectivity index (χ4n) is 2.93. The number of ether oxygens (including phenoxy) is 1. The molecule has 6 nitrogen and oxygen atoms in total. The van der Waals surface area contributed by atoms with Crippen molar-refractivity contribution < 1.29 is 9.53 Å². The molecular weight excluding hydrogens is 455 g/mol. The molecule has 0 unspecified atom stereocenters. The van der Waals surface area contributed by atoms with Crippen molar-refractivity contribution in [3.63, 3.8) is 0 Å². The summed E-state index contributed by atoms with van der Waals surface area (Å²) < 4.78 is 4.63. The van der Waals surface area contributed by atoms with Crippen LogP contribution in [0.1, 0.15) is 37.7 Å². The molecule has 0 fully saturated rings. The van der Waals surface area contributed by atoms with Gasteiger partial charge in [0.2, 0.25) is 0 Å². The lowest BCUT2D eigenvalue weighted by molar-refractivity contribution is -0.140. The number of nitrogens with one attached hydrogen (secondary N) is 3. The predicted octanol–water partition coefficient (Wildman–Crippen LogP) is 3.62. The number of rotatable bonds is 10. The van der Waals surface area contributed by atoms with Gasteiger partial charge in [0.1, 0.15) is 0 Å². The molecule has 0 bridgehead atoms. The molecule has 3 N–H and O–H groups in total. The number of esters is 1. The van der Waals surface area contributed by atoms with E-state index in [4.69, 9.17) is 0 Å². The number of unbranched alkanes of at least 4 members (excludes halogenated alkanes) is 3. The third kappa shape index (κ3) is 8.19. The fourth-order valence-corrected chi connectivity index (χ4v) is 2.93. The van der Waals surface area contributed by atoms with Crippen LogP contribution in [0.2, 0.25) is 0 Å². The molecule has 0 amide bonds. The van der Waals surface area contributed by atoms with E-state index in [1.54, 1.807) is 7.05 Å². The Morgan fingerprint density at radius 2 is 1.85 bits per heavy atom. The number of H-pyrrole nitrogens is 1. The van der Waals surface area contributed by atoms with E-state index in [-0.39, 0.29) is 29.9 Å². The molecule has 0 saturated heterocycles. The van der Waals surface area contributed by atoms with E-state index in [2.05, 4.69) is 49.7 Å². The molecule has 0 spiro atoms. The summed E-state index contributed by atoms with van der Waals surface area (Å²) in [6.07, 6.45) is 7.63. The summed E-state index contributed by atoms with van der Waals surface area (Å²) in [5.74, 6) is 0.710. The Kier molecular flexibility index (Phi) is 11.6. The first-order chi connectivity index (χ1) is 12.7. The molecule has 0 aliphatic carbocycles. The van der Waals surface area contributed by atoms with Gasteiger partial charge in [0.25, 0.3) is 0 Å². The van der Waals surface area contributed by atoms with Gasteiger partial charge in [-0.3, -0.25) is 9.79 Å². The lowest BCUT2D eigenvalue weighted by Gasteiger charge is -2.11. The smallest absolute Gasteiger partial charge is 0.305 e. The summed E-state index contributed by atoms with van der Waals surface area (Å²) in [4.78, 5) is 18.6. The van der Waals surface area contributed by atoms with Gasteiger partial charge in [-0.1, -0.05) is 31.0 Å². The number of guanidine groups is 1. The van der Waals surface area contributed by atoms with E-state index >= 15 is 0 Å². The SMILES string of the molecule is CN=C(NCCCCCCC(=O)OC)NCCc1c[nH]c2ccccc12.I. The zero-order valence-corrected chi connectivity index (χ0v) is 18.5. The molecular formula is C20H31IN4O2. The van der Waals surface area contributed by atoms with Crippen molar-refractivity contribution in [3.8, 4) is 0 Å². The van der Waals surface area contributed by atoms with Gasteiger partial charge >= 0.3 is 5.97 Å². The van der Waals surface area contributed by atoms with E-state index < -0.39 is 0 Å². The molecule has 2 aromatic rings. The Hall–Kier alpha value is -1.77. The standard InChI is InChI=1S/C20H30N4O2.HI/c1-21-20(22-13-8-4-3-5-11-19(25)26-2)23-14-12-16-15-24-18-10-7-6-9-17(16)18;/h6-7,9-10,15,24H,3-5,8,11-14H2,1-2H3,(H2,21,22,23);1H. The Labute approximate surface area is 178 Å². The zero-order chi connectivity index (χ0) is 18.6. The molecule has 1 heterocycles. The van der Waals surface area contributed by atoms with Crippen LogP contribution in [-0.2, 0) is 16.0 Å². The maximum Gasteiger partial charge on any atom is 0.305 e. The second kappa shape index (κ2) is 13.4. The number of para-hydroxylation sites is 1. The van der Waals surface area contributed by atoms with Crippen molar-refractivity contribution in [2.24, 2.45) is 4.99 Å². The number of hydrogen-bond acceptors (Lipinski definition) is 3. The second-order valence-electron chi connectivity index (χ2n) is 6.28. The summed E-state index contributed by atoms with van der Waals surface area (Å²) in [7, 11) is 3.22. The summed E-state index contributed by atoms with van der Waals surface area (Å²) >= 11 is 0. The Morgan fingerprint density at radius 1 is 1.11 bits per heavy atom. The van der Waals surface area contributed by atoms with E-state index in [0.29, 0.717) is 6.42 Å². The van der Waals surface area contributed by atoms with Crippen LogP contribution in [0, 0.1) is 0 Å². The molecule has 0 aliphatic heterocycles. The quantitative estimate of drug-likeness (QED) is 0.158. The number of aromatic amines is 1. The van der Waals surface area contributed by atoms with E-state index in [1.807, 2.05) is 6.07 Å². The number of fused-ring (bicyclic) bond motifs is 1. The zero-order valence-electron chi connectivity index (χ0n) is 16.2. The number of aromatic nitrogens is 1. The second-order valence-corrected chi connectivity index (χ2v) is 6.28. The highest BCUT2D eigenvalue weighted by Crippen LogP contribution is 2.17. The molecule has 27 heavy (non-hydrogen) atoms. The number of aliphatic imine (C=N–C) groups is 1. The largest absolute Gasteiger partial charge is 0.469 e. The average molecular weight is 486 g/mol. The number of carbonyl (C=O) groups is 1.